The van der Waals surface area contributed by atoms with Crippen molar-refractivity contribution in [3.8, 4) is 11.3 Å². The molecule has 0 bridgehead atoms. The normalized spacial score (nSPS) is 11.4. The highest BCUT2D eigenvalue weighted by Crippen LogP contribution is 2.32. The summed E-state index contributed by atoms with van der Waals surface area (Å²) in [4.78, 5) is 4.33. The molecule has 19 heavy (non-hydrogen) atoms. The Morgan fingerprint density at radius 2 is 1.79 bits per heavy atom. The highest BCUT2D eigenvalue weighted by atomic mass is 19.1. The van der Waals surface area contributed by atoms with Gasteiger partial charge in [0.25, 0.3) is 0 Å². The van der Waals surface area contributed by atoms with Gasteiger partial charge in [-0.1, -0.05) is 42.5 Å². The lowest BCUT2D eigenvalue weighted by Gasteiger charge is -2.18. The molecule has 0 spiro atoms. The second-order valence-corrected chi connectivity index (χ2v) is 5.23. The SMILES string of the molecule is C=C(C)c1ccc(-c2ncccc2C(C)(C)F)cc1. The van der Waals surface area contributed by atoms with E-state index in [4.69, 9.17) is 0 Å². The molecule has 2 rings (SSSR count). The molecule has 1 aromatic heterocycles. The van der Waals surface area contributed by atoms with E-state index in [1.54, 1.807) is 32.2 Å². The summed E-state index contributed by atoms with van der Waals surface area (Å²) in [5.74, 6) is 0. The zero-order chi connectivity index (χ0) is 14.0. The minimum Gasteiger partial charge on any atom is -0.256 e. The highest BCUT2D eigenvalue weighted by molar-refractivity contribution is 5.68. The second-order valence-electron chi connectivity index (χ2n) is 5.23. The summed E-state index contributed by atoms with van der Waals surface area (Å²) in [6.07, 6.45) is 1.69. The summed E-state index contributed by atoms with van der Waals surface area (Å²) >= 11 is 0. The Bertz CT molecular complexity index is 591. The van der Waals surface area contributed by atoms with Gasteiger partial charge in [-0.25, -0.2) is 4.39 Å². The van der Waals surface area contributed by atoms with E-state index in [-0.39, 0.29) is 0 Å². The van der Waals surface area contributed by atoms with Crippen molar-refractivity contribution in [2.24, 2.45) is 0 Å². The van der Waals surface area contributed by atoms with Gasteiger partial charge >= 0.3 is 0 Å². The zero-order valence-corrected chi connectivity index (χ0v) is 11.6. The first-order chi connectivity index (χ1) is 8.89. The van der Waals surface area contributed by atoms with E-state index >= 15 is 0 Å². The van der Waals surface area contributed by atoms with Crippen molar-refractivity contribution in [3.63, 3.8) is 0 Å². The minimum atomic E-state index is -1.41. The van der Waals surface area contributed by atoms with Crippen molar-refractivity contribution in [1.82, 2.24) is 4.98 Å². The topological polar surface area (TPSA) is 12.9 Å². The Labute approximate surface area is 113 Å². The van der Waals surface area contributed by atoms with Gasteiger partial charge in [0.05, 0.1) is 5.69 Å². The van der Waals surface area contributed by atoms with E-state index in [1.165, 1.54) is 0 Å². The second kappa shape index (κ2) is 4.96. The van der Waals surface area contributed by atoms with Crippen LogP contribution in [0.4, 0.5) is 4.39 Å². The van der Waals surface area contributed by atoms with Crippen LogP contribution < -0.4 is 0 Å². The molecule has 2 heteroatoms. The summed E-state index contributed by atoms with van der Waals surface area (Å²) < 4.78 is 14.2. The number of allylic oxidation sites excluding steroid dienone is 1. The van der Waals surface area contributed by atoms with Crippen molar-refractivity contribution in [2.45, 2.75) is 26.4 Å². The summed E-state index contributed by atoms with van der Waals surface area (Å²) in [5.41, 5.74) is 2.92. The first-order valence-corrected chi connectivity index (χ1v) is 6.30. The Kier molecular flexibility index (Phi) is 3.52. The Balaban J connectivity index is 2.50. The molecule has 0 aliphatic rings. The monoisotopic (exact) mass is 255 g/mol. The number of benzene rings is 1. The van der Waals surface area contributed by atoms with E-state index in [2.05, 4.69) is 11.6 Å². The maximum atomic E-state index is 14.2. The molecule has 0 radical (unpaired) electrons. The van der Waals surface area contributed by atoms with Crippen LogP contribution in [0.2, 0.25) is 0 Å². The van der Waals surface area contributed by atoms with Crippen molar-refractivity contribution in [2.75, 3.05) is 0 Å². The van der Waals surface area contributed by atoms with Gasteiger partial charge in [-0.3, -0.25) is 4.98 Å². The molecule has 0 N–H and O–H groups in total. The van der Waals surface area contributed by atoms with Crippen molar-refractivity contribution in [3.05, 3.63) is 60.3 Å². The van der Waals surface area contributed by atoms with E-state index < -0.39 is 5.67 Å². The highest BCUT2D eigenvalue weighted by Gasteiger charge is 2.23. The third-order valence-electron chi connectivity index (χ3n) is 3.10. The Morgan fingerprint density at radius 3 is 2.32 bits per heavy atom. The van der Waals surface area contributed by atoms with E-state index in [0.29, 0.717) is 11.3 Å². The molecule has 0 aliphatic heterocycles. The van der Waals surface area contributed by atoms with Crippen LogP contribution in [0.1, 0.15) is 31.9 Å². The molecule has 0 saturated carbocycles. The third kappa shape index (κ3) is 2.90. The predicted octanol–water partition coefficient (Wildman–Crippen LogP) is 4.99. The molecule has 2 aromatic rings. The van der Waals surface area contributed by atoms with Crippen LogP contribution in [0, 0.1) is 0 Å². The maximum Gasteiger partial charge on any atom is 0.132 e. The fourth-order valence-corrected chi connectivity index (χ4v) is 2.03. The van der Waals surface area contributed by atoms with Crippen LogP contribution in [0.3, 0.4) is 0 Å². The van der Waals surface area contributed by atoms with E-state index in [1.807, 2.05) is 31.2 Å². The summed E-state index contributed by atoms with van der Waals surface area (Å²) in [5, 5.41) is 0. The first-order valence-electron chi connectivity index (χ1n) is 6.30. The molecule has 98 valence electrons. The average molecular weight is 255 g/mol. The fourth-order valence-electron chi connectivity index (χ4n) is 2.03. The molecule has 1 aromatic carbocycles. The van der Waals surface area contributed by atoms with Gasteiger partial charge in [-0.05, 0) is 32.4 Å². The zero-order valence-electron chi connectivity index (χ0n) is 11.6. The molecule has 0 saturated heterocycles. The van der Waals surface area contributed by atoms with Gasteiger partial charge in [0.15, 0.2) is 0 Å². The lowest BCUT2D eigenvalue weighted by molar-refractivity contribution is 0.222. The lowest BCUT2D eigenvalue weighted by Crippen LogP contribution is -2.11. The van der Waals surface area contributed by atoms with Crippen molar-refractivity contribution < 1.29 is 4.39 Å². The number of hydrogen-bond acceptors (Lipinski definition) is 1. The Hall–Kier alpha value is -1.96. The van der Waals surface area contributed by atoms with Gasteiger partial charge in [0.2, 0.25) is 0 Å². The van der Waals surface area contributed by atoms with Gasteiger partial charge in [0.1, 0.15) is 5.67 Å². The number of hydrogen-bond donors (Lipinski definition) is 0. The summed E-state index contributed by atoms with van der Waals surface area (Å²) in [6, 6.07) is 11.4. The van der Waals surface area contributed by atoms with Crippen LogP contribution in [0.5, 0.6) is 0 Å². The predicted molar refractivity (Wildman–Crippen MR) is 78.5 cm³/mol. The molecule has 0 fully saturated rings. The van der Waals surface area contributed by atoms with Gasteiger partial charge in [-0.2, -0.15) is 0 Å². The average Bonchev–Trinajstić information content (AvgIpc) is 2.38. The van der Waals surface area contributed by atoms with Crippen molar-refractivity contribution in [1.29, 1.82) is 0 Å². The van der Waals surface area contributed by atoms with E-state index in [9.17, 15) is 4.39 Å². The van der Waals surface area contributed by atoms with Crippen LogP contribution in [-0.4, -0.2) is 4.98 Å². The van der Waals surface area contributed by atoms with E-state index in [0.717, 1.165) is 16.7 Å². The molecular weight excluding hydrogens is 237 g/mol. The van der Waals surface area contributed by atoms with Crippen LogP contribution >= 0.6 is 0 Å². The minimum absolute atomic E-state index is 0.609. The quantitative estimate of drug-likeness (QED) is 0.753. The molecular formula is C17H18FN. The molecule has 1 nitrogen and oxygen atoms in total. The number of aromatic nitrogens is 1. The molecule has 0 amide bonds. The number of nitrogens with zero attached hydrogens (tertiary/aromatic N) is 1. The smallest absolute Gasteiger partial charge is 0.132 e. The van der Waals surface area contributed by atoms with Gasteiger partial charge in [-0.15, -0.1) is 0 Å². The molecule has 1 heterocycles. The summed E-state index contributed by atoms with van der Waals surface area (Å²) in [7, 11) is 0. The number of alkyl halides is 1. The maximum absolute atomic E-state index is 14.2. The van der Waals surface area contributed by atoms with Crippen LogP contribution in [0.25, 0.3) is 16.8 Å². The lowest BCUT2D eigenvalue weighted by atomic mass is 9.94. The van der Waals surface area contributed by atoms with Gasteiger partial charge in [0, 0.05) is 17.3 Å². The first kappa shape index (κ1) is 13.5. The van der Waals surface area contributed by atoms with Gasteiger partial charge < -0.3 is 0 Å². The number of halogens is 1. The largest absolute Gasteiger partial charge is 0.256 e. The number of pyridine rings is 1. The standard InChI is InChI=1S/C17H18FN/c1-12(2)13-7-9-14(10-8-13)16-15(17(3,4)18)6-5-11-19-16/h5-11H,1H2,2-4H3. The Morgan fingerprint density at radius 1 is 1.16 bits per heavy atom. The number of rotatable bonds is 3. The summed E-state index contributed by atoms with van der Waals surface area (Å²) in [6.45, 7) is 8.98. The molecule has 0 atom stereocenters. The van der Waals surface area contributed by atoms with Crippen LogP contribution in [0.15, 0.2) is 49.2 Å². The fraction of sp³-hybridized carbons (Fsp3) is 0.235. The van der Waals surface area contributed by atoms with Crippen molar-refractivity contribution >= 4 is 5.57 Å². The van der Waals surface area contributed by atoms with Crippen LogP contribution in [-0.2, 0) is 5.67 Å². The third-order valence-corrected chi connectivity index (χ3v) is 3.10. The molecule has 0 unspecified atom stereocenters. The molecule has 0 aliphatic carbocycles.